The Kier molecular flexibility index (Phi) is 2.63. The maximum absolute atomic E-state index is 5.83. The van der Waals surface area contributed by atoms with Gasteiger partial charge in [-0.15, -0.1) is 16.7 Å². The molecule has 0 bridgehead atoms. The number of rotatable bonds is 3. The van der Waals surface area contributed by atoms with Crippen molar-refractivity contribution in [3.63, 3.8) is 0 Å². The van der Waals surface area contributed by atoms with Crippen molar-refractivity contribution in [3.05, 3.63) is 5.89 Å². The van der Waals surface area contributed by atoms with Crippen LogP contribution >= 0.6 is 11.6 Å². The van der Waals surface area contributed by atoms with Crippen molar-refractivity contribution in [2.24, 2.45) is 0 Å². The van der Waals surface area contributed by atoms with Gasteiger partial charge in [-0.25, -0.2) is 0 Å². The Morgan fingerprint density at radius 1 is 1.50 bits per heavy atom. The zero-order chi connectivity index (χ0) is 10.1. The van der Waals surface area contributed by atoms with E-state index < -0.39 is 0 Å². The van der Waals surface area contributed by atoms with Gasteiger partial charge >= 0.3 is 6.01 Å². The van der Waals surface area contributed by atoms with Gasteiger partial charge in [0.25, 0.3) is 0 Å². The number of alkyl halides is 1. The summed E-state index contributed by atoms with van der Waals surface area (Å²) in [5, 5.41) is 7.64. The van der Waals surface area contributed by atoms with Gasteiger partial charge in [-0.3, -0.25) is 0 Å². The molecule has 2 rings (SSSR count). The van der Waals surface area contributed by atoms with Crippen LogP contribution in [-0.2, 0) is 0 Å². The van der Waals surface area contributed by atoms with Crippen molar-refractivity contribution in [2.75, 3.05) is 11.9 Å². The molecule has 0 N–H and O–H groups in total. The zero-order valence-corrected chi connectivity index (χ0v) is 9.16. The number of hydrogen-bond donors (Lipinski definition) is 0. The van der Waals surface area contributed by atoms with Crippen LogP contribution in [-0.4, -0.2) is 23.3 Å². The Morgan fingerprint density at radius 2 is 2.21 bits per heavy atom. The molecule has 1 aliphatic rings. The van der Waals surface area contributed by atoms with Gasteiger partial charge in [-0.2, -0.15) is 0 Å². The van der Waals surface area contributed by atoms with Crippen LogP contribution in [0, 0.1) is 0 Å². The lowest BCUT2D eigenvalue weighted by molar-refractivity contribution is 0.374. The van der Waals surface area contributed by atoms with Gasteiger partial charge in [0.1, 0.15) is 5.38 Å². The topological polar surface area (TPSA) is 42.2 Å². The van der Waals surface area contributed by atoms with Crippen molar-refractivity contribution in [1.82, 2.24) is 10.2 Å². The van der Waals surface area contributed by atoms with Crippen molar-refractivity contribution < 1.29 is 4.42 Å². The molecule has 1 aromatic heterocycles. The van der Waals surface area contributed by atoms with Crippen molar-refractivity contribution in [1.29, 1.82) is 0 Å². The molecular weight excluding hydrogens is 202 g/mol. The molecule has 0 radical (unpaired) electrons. The number of aromatic nitrogens is 2. The van der Waals surface area contributed by atoms with Crippen LogP contribution in [0.1, 0.15) is 37.5 Å². The number of hydrogen-bond acceptors (Lipinski definition) is 4. The zero-order valence-electron chi connectivity index (χ0n) is 8.40. The van der Waals surface area contributed by atoms with Crippen LogP contribution in [0.3, 0.4) is 0 Å². The summed E-state index contributed by atoms with van der Waals surface area (Å²) in [6, 6.07) is 1.14. The minimum Gasteiger partial charge on any atom is -0.406 e. The summed E-state index contributed by atoms with van der Waals surface area (Å²) < 4.78 is 5.44. The normalized spacial score (nSPS) is 19.1. The van der Waals surface area contributed by atoms with Crippen molar-refractivity contribution in [3.8, 4) is 0 Å². The van der Waals surface area contributed by atoms with E-state index in [4.69, 9.17) is 16.0 Å². The summed E-state index contributed by atoms with van der Waals surface area (Å²) >= 11 is 5.83. The molecule has 1 aromatic rings. The van der Waals surface area contributed by atoms with E-state index in [0.29, 0.717) is 17.9 Å². The highest BCUT2D eigenvalue weighted by molar-refractivity contribution is 6.20. The summed E-state index contributed by atoms with van der Waals surface area (Å²) in [7, 11) is 1.99. The maximum Gasteiger partial charge on any atom is 0.318 e. The van der Waals surface area contributed by atoms with E-state index in [-0.39, 0.29) is 5.38 Å². The first-order chi connectivity index (χ1) is 6.68. The molecule has 1 saturated carbocycles. The quantitative estimate of drug-likeness (QED) is 0.726. The maximum atomic E-state index is 5.83. The van der Waals surface area contributed by atoms with E-state index in [1.165, 1.54) is 19.3 Å². The van der Waals surface area contributed by atoms with Gasteiger partial charge in [0, 0.05) is 13.1 Å². The van der Waals surface area contributed by atoms with Crippen LogP contribution in [0.5, 0.6) is 0 Å². The standard InChI is InChI=1S/C9H14ClN3O/c1-6(10)8-11-12-9(14-8)13(2)7-4-3-5-7/h6-7H,3-5H2,1-2H3. The minimum atomic E-state index is -0.217. The molecule has 78 valence electrons. The fourth-order valence-electron chi connectivity index (χ4n) is 1.46. The largest absolute Gasteiger partial charge is 0.406 e. The molecule has 5 heteroatoms. The smallest absolute Gasteiger partial charge is 0.318 e. The van der Waals surface area contributed by atoms with Gasteiger partial charge in [-0.05, 0) is 26.2 Å². The Bertz CT molecular complexity index is 309. The van der Waals surface area contributed by atoms with Crippen LogP contribution in [0.4, 0.5) is 6.01 Å². The van der Waals surface area contributed by atoms with Crippen LogP contribution in [0.2, 0.25) is 0 Å². The molecular formula is C9H14ClN3O. The second kappa shape index (κ2) is 3.77. The van der Waals surface area contributed by atoms with E-state index >= 15 is 0 Å². The summed E-state index contributed by atoms with van der Waals surface area (Å²) in [5.41, 5.74) is 0. The van der Waals surface area contributed by atoms with E-state index in [1.807, 2.05) is 18.9 Å². The molecule has 1 atom stereocenters. The first kappa shape index (κ1) is 9.77. The lowest BCUT2D eigenvalue weighted by Gasteiger charge is -2.33. The fraction of sp³-hybridized carbons (Fsp3) is 0.778. The van der Waals surface area contributed by atoms with Crippen molar-refractivity contribution >= 4 is 17.6 Å². The fourth-order valence-corrected chi connectivity index (χ4v) is 1.55. The Balaban J connectivity index is 2.07. The second-order valence-corrected chi connectivity index (χ2v) is 4.39. The second-order valence-electron chi connectivity index (χ2n) is 3.73. The highest BCUT2D eigenvalue weighted by atomic mass is 35.5. The number of nitrogens with zero attached hydrogens (tertiary/aromatic N) is 3. The summed E-state index contributed by atoms with van der Waals surface area (Å²) in [4.78, 5) is 2.04. The van der Waals surface area contributed by atoms with Crippen molar-refractivity contribution in [2.45, 2.75) is 37.6 Å². The molecule has 0 saturated heterocycles. The predicted molar refractivity (Wildman–Crippen MR) is 54.6 cm³/mol. The van der Waals surface area contributed by atoms with Gasteiger partial charge in [0.2, 0.25) is 5.89 Å². The highest BCUT2D eigenvalue weighted by Crippen LogP contribution is 2.28. The molecule has 0 amide bonds. The lowest BCUT2D eigenvalue weighted by atomic mass is 9.92. The van der Waals surface area contributed by atoms with Gasteiger partial charge in [0.05, 0.1) is 0 Å². The van der Waals surface area contributed by atoms with Gasteiger partial charge < -0.3 is 9.32 Å². The molecule has 0 spiro atoms. The average Bonchev–Trinajstić information content (AvgIpc) is 2.48. The average molecular weight is 216 g/mol. The van der Waals surface area contributed by atoms with Crippen LogP contribution in [0.25, 0.3) is 0 Å². The number of anilines is 1. The first-order valence-corrected chi connectivity index (χ1v) is 5.32. The minimum absolute atomic E-state index is 0.217. The number of halogens is 1. The third-order valence-electron chi connectivity index (χ3n) is 2.69. The highest BCUT2D eigenvalue weighted by Gasteiger charge is 2.26. The Hall–Kier alpha value is -0.770. The predicted octanol–water partition coefficient (Wildman–Crippen LogP) is 2.36. The molecule has 1 heterocycles. The Morgan fingerprint density at radius 3 is 2.64 bits per heavy atom. The third kappa shape index (κ3) is 1.71. The molecule has 0 aromatic carbocycles. The monoisotopic (exact) mass is 215 g/mol. The lowest BCUT2D eigenvalue weighted by Crippen LogP contribution is -2.37. The van der Waals surface area contributed by atoms with E-state index in [2.05, 4.69) is 10.2 Å². The molecule has 0 aliphatic heterocycles. The summed E-state index contributed by atoms with van der Waals surface area (Å²) in [5.74, 6) is 0.493. The van der Waals surface area contributed by atoms with E-state index in [1.54, 1.807) is 0 Å². The van der Waals surface area contributed by atoms with Gasteiger partial charge in [0.15, 0.2) is 0 Å². The van der Waals surface area contributed by atoms with E-state index in [0.717, 1.165) is 0 Å². The molecule has 1 aliphatic carbocycles. The van der Waals surface area contributed by atoms with Gasteiger partial charge in [-0.1, -0.05) is 5.10 Å². The van der Waals surface area contributed by atoms with Crippen LogP contribution in [0.15, 0.2) is 4.42 Å². The first-order valence-electron chi connectivity index (χ1n) is 4.89. The molecule has 1 unspecified atom stereocenters. The Labute approximate surface area is 88.2 Å². The van der Waals surface area contributed by atoms with Crippen LogP contribution < -0.4 is 4.90 Å². The SMILES string of the molecule is CC(Cl)c1nnc(N(C)C2CCC2)o1. The summed E-state index contributed by atoms with van der Waals surface area (Å²) in [6.07, 6.45) is 3.72. The molecule has 4 nitrogen and oxygen atoms in total. The van der Waals surface area contributed by atoms with E-state index in [9.17, 15) is 0 Å². The summed E-state index contributed by atoms with van der Waals surface area (Å²) in [6.45, 7) is 1.82. The molecule has 1 fully saturated rings. The molecule has 14 heavy (non-hydrogen) atoms. The third-order valence-corrected chi connectivity index (χ3v) is 2.88.